The molecule has 0 fully saturated rings. The molecule has 1 heterocycles. The molecule has 0 aliphatic rings. The second-order valence-corrected chi connectivity index (χ2v) is 4.52. The molecule has 0 radical (unpaired) electrons. The number of hydrogen-bond donors (Lipinski definition) is 2. The minimum Gasteiger partial charge on any atom is -0.478 e. The minimum atomic E-state index is -0.388. The van der Waals surface area contributed by atoms with Gasteiger partial charge in [0.05, 0.1) is 16.4 Å². The number of halogens is 1. The van der Waals surface area contributed by atoms with Crippen LogP contribution >= 0.6 is 11.6 Å². The van der Waals surface area contributed by atoms with Gasteiger partial charge in [-0.2, -0.15) is 0 Å². The van der Waals surface area contributed by atoms with Gasteiger partial charge in [0.1, 0.15) is 0 Å². The van der Waals surface area contributed by atoms with Gasteiger partial charge in [0.2, 0.25) is 5.43 Å². The van der Waals surface area contributed by atoms with Gasteiger partial charge in [-0.1, -0.05) is 23.7 Å². The summed E-state index contributed by atoms with van der Waals surface area (Å²) in [6.07, 6.45) is 1.52. The molecule has 0 atom stereocenters. The average molecular weight is 293 g/mol. The Morgan fingerprint density at radius 2 is 2.10 bits per heavy atom. The van der Waals surface area contributed by atoms with Crippen molar-refractivity contribution in [3.8, 4) is 5.75 Å². The van der Waals surface area contributed by atoms with Crippen molar-refractivity contribution in [2.24, 2.45) is 0 Å². The monoisotopic (exact) mass is 292 g/mol. The first-order valence-corrected chi connectivity index (χ1v) is 6.31. The number of carbonyl (C=O) groups is 1. The lowest BCUT2D eigenvalue weighted by atomic mass is 10.3. The van der Waals surface area contributed by atoms with Crippen molar-refractivity contribution in [2.75, 3.05) is 11.9 Å². The number of hydrogen-bond acceptors (Lipinski definition) is 3. The number of para-hydroxylation sites is 1. The van der Waals surface area contributed by atoms with Crippen LogP contribution in [-0.2, 0) is 4.79 Å². The predicted molar refractivity (Wildman–Crippen MR) is 77.4 cm³/mol. The second kappa shape index (κ2) is 6.25. The summed E-state index contributed by atoms with van der Waals surface area (Å²) in [6, 6.07) is 8.22. The molecule has 0 saturated heterocycles. The summed E-state index contributed by atoms with van der Waals surface area (Å²) in [5, 5.41) is 3.05. The van der Waals surface area contributed by atoms with Gasteiger partial charge >= 0.3 is 0 Å². The van der Waals surface area contributed by atoms with Crippen molar-refractivity contribution in [1.82, 2.24) is 4.98 Å². The van der Waals surface area contributed by atoms with Crippen LogP contribution in [0.1, 0.15) is 5.69 Å². The number of aromatic amines is 1. The minimum absolute atomic E-state index is 0.141. The van der Waals surface area contributed by atoms with Crippen LogP contribution in [0.15, 0.2) is 41.3 Å². The van der Waals surface area contributed by atoms with Crippen LogP contribution in [0.5, 0.6) is 5.75 Å². The van der Waals surface area contributed by atoms with Crippen LogP contribution in [-0.4, -0.2) is 17.5 Å². The summed E-state index contributed by atoms with van der Waals surface area (Å²) in [5.41, 5.74) is 0.802. The molecule has 0 aliphatic heterocycles. The van der Waals surface area contributed by atoms with Crippen molar-refractivity contribution in [3.63, 3.8) is 0 Å². The molecule has 5 nitrogen and oxygen atoms in total. The SMILES string of the molecule is Cc1[nH]ccc(=O)c1OCC(=O)Nc1ccccc1Cl. The van der Waals surface area contributed by atoms with Crippen LogP contribution in [0.4, 0.5) is 5.69 Å². The Morgan fingerprint density at radius 1 is 1.35 bits per heavy atom. The van der Waals surface area contributed by atoms with Crippen LogP contribution < -0.4 is 15.5 Å². The molecule has 1 amide bonds. The molecule has 6 heteroatoms. The first kappa shape index (κ1) is 14.1. The van der Waals surface area contributed by atoms with Gasteiger partial charge in [-0.3, -0.25) is 9.59 Å². The van der Waals surface area contributed by atoms with Gasteiger partial charge < -0.3 is 15.0 Å². The quantitative estimate of drug-likeness (QED) is 0.908. The zero-order valence-electron chi connectivity index (χ0n) is 10.8. The number of carbonyl (C=O) groups excluding carboxylic acids is 1. The molecule has 0 unspecified atom stereocenters. The van der Waals surface area contributed by atoms with E-state index in [1.165, 1.54) is 12.3 Å². The van der Waals surface area contributed by atoms with Crippen molar-refractivity contribution in [1.29, 1.82) is 0 Å². The third-order valence-electron chi connectivity index (χ3n) is 2.59. The number of H-pyrrole nitrogens is 1. The lowest BCUT2D eigenvalue weighted by Crippen LogP contribution is -2.22. The van der Waals surface area contributed by atoms with Gasteiger partial charge in [0.15, 0.2) is 12.4 Å². The molecule has 104 valence electrons. The van der Waals surface area contributed by atoms with Gasteiger partial charge in [-0.25, -0.2) is 0 Å². The highest BCUT2D eigenvalue weighted by molar-refractivity contribution is 6.33. The Morgan fingerprint density at radius 3 is 2.80 bits per heavy atom. The van der Waals surface area contributed by atoms with Crippen molar-refractivity contribution >= 4 is 23.2 Å². The number of rotatable bonds is 4. The molecule has 2 N–H and O–H groups in total. The van der Waals surface area contributed by atoms with E-state index in [2.05, 4.69) is 10.3 Å². The maximum absolute atomic E-state index is 11.8. The molecule has 1 aromatic heterocycles. The van der Waals surface area contributed by atoms with Crippen molar-refractivity contribution in [3.05, 3.63) is 57.5 Å². The van der Waals surface area contributed by atoms with E-state index >= 15 is 0 Å². The number of aromatic nitrogens is 1. The van der Waals surface area contributed by atoms with E-state index in [4.69, 9.17) is 16.3 Å². The highest BCUT2D eigenvalue weighted by Gasteiger charge is 2.09. The summed E-state index contributed by atoms with van der Waals surface area (Å²) in [5.74, 6) is -0.248. The third kappa shape index (κ3) is 3.39. The molecule has 2 aromatic rings. The number of ether oxygens (including phenoxy) is 1. The normalized spacial score (nSPS) is 10.1. The zero-order valence-corrected chi connectivity index (χ0v) is 11.5. The molecule has 0 aliphatic carbocycles. The summed E-state index contributed by atoms with van der Waals surface area (Å²) >= 11 is 5.93. The number of benzene rings is 1. The lowest BCUT2D eigenvalue weighted by molar-refractivity contribution is -0.118. The lowest BCUT2D eigenvalue weighted by Gasteiger charge is -2.09. The van der Waals surface area contributed by atoms with Crippen LogP contribution in [0.2, 0.25) is 5.02 Å². The van der Waals surface area contributed by atoms with E-state index in [9.17, 15) is 9.59 Å². The van der Waals surface area contributed by atoms with E-state index in [0.717, 1.165) is 0 Å². The molecule has 0 bridgehead atoms. The van der Waals surface area contributed by atoms with Gasteiger partial charge in [0, 0.05) is 12.3 Å². The zero-order chi connectivity index (χ0) is 14.5. The first-order valence-electron chi connectivity index (χ1n) is 5.93. The van der Waals surface area contributed by atoms with E-state index in [1.54, 1.807) is 31.2 Å². The van der Waals surface area contributed by atoms with Gasteiger partial charge in [-0.15, -0.1) is 0 Å². The Labute approximate surface area is 120 Å². The summed E-state index contributed by atoms with van der Waals surface area (Å²) in [7, 11) is 0. The van der Waals surface area contributed by atoms with E-state index in [0.29, 0.717) is 16.4 Å². The van der Waals surface area contributed by atoms with Crippen molar-refractivity contribution < 1.29 is 9.53 Å². The predicted octanol–water partition coefficient (Wildman–Crippen LogP) is 2.35. The number of anilines is 1. The molecule has 1 aromatic carbocycles. The third-order valence-corrected chi connectivity index (χ3v) is 2.92. The number of pyridine rings is 1. The van der Waals surface area contributed by atoms with E-state index in [1.807, 2.05) is 0 Å². The fraction of sp³-hybridized carbons (Fsp3) is 0.143. The molecule has 0 saturated carbocycles. The highest BCUT2D eigenvalue weighted by Crippen LogP contribution is 2.20. The van der Waals surface area contributed by atoms with Gasteiger partial charge in [0.25, 0.3) is 5.91 Å². The number of aryl methyl sites for hydroxylation is 1. The molecule has 0 spiro atoms. The topological polar surface area (TPSA) is 71.2 Å². The molecular weight excluding hydrogens is 280 g/mol. The van der Waals surface area contributed by atoms with Crippen molar-refractivity contribution in [2.45, 2.75) is 6.92 Å². The van der Waals surface area contributed by atoms with Gasteiger partial charge in [-0.05, 0) is 19.1 Å². The molecular formula is C14H13ClN2O3. The molecule has 2 rings (SSSR count). The number of amides is 1. The van der Waals surface area contributed by atoms with E-state index < -0.39 is 0 Å². The Balaban J connectivity index is 2.00. The fourth-order valence-electron chi connectivity index (χ4n) is 1.63. The summed E-state index contributed by atoms with van der Waals surface area (Å²) < 4.78 is 5.24. The Hall–Kier alpha value is -2.27. The van der Waals surface area contributed by atoms with Crippen LogP contribution in [0.25, 0.3) is 0 Å². The van der Waals surface area contributed by atoms with Crippen LogP contribution in [0.3, 0.4) is 0 Å². The van der Waals surface area contributed by atoms with E-state index in [-0.39, 0.29) is 23.7 Å². The fourth-order valence-corrected chi connectivity index (χ4v) is 1.82. The molecule has 20 heavy (non-hydrogen) atoms. The first-order chi connectivity index (χ1) is 9.58. The summed E-state index contributed by atoms with van der Waals surface area (Å²) in [4.78, 5) is 26.2. The Kier molecular flexibility index (Phi) is 4.42. The number of nitrogens with one attached hydrogen (secondary N) is 2. The maximum Gasteiger partial charge on any atom is 0.262 e. The second-order valence-electron chi connectivity index (χ2n) is 4.11. The highest BCUT2D eigenvalue weighted by atomic mass is 35.5. The smallest absolute Gasteiger partial charge is 0.262 e. The Bertz CT molecular complexity index is 682. The largest absolute Gasteiger partial charge is 0.478 e. The average Bonchev–Trinajstić information content (AvgIpc) is 2.41. The standard InChI is InChI=1S/C14H13ClN2O3/c1-9-14(12(18)6-7-16-9)20-8-13(19)17-11-5-3-2-4-10(11)15/h2-7H,8H2,1H3,(H,16,18)(H,17,19). The van der Waals surface area contributed by atoms with Crippen LogP contribution in [0, 0.1) is 6.92 Å². The summed E-state index contributed by atoms with van der Waals surface area (Å²) in [6.45, 7) is 1.43. The maximum atomic E-state index is 11.8.